The molecule has 4 rings (SSSR count). The number of rotatable bonds is 6. The first kappa shape index (κ1) is 22.2. The van der Waals surface area contributed by atoms with Crippen molar-refractivity contribution in [2.45, 2.75) is 36.6 Å². The Labute approximate surface area is 182 Å². The number of amides is 1. The summed E-state index contributed by atoms with van der Waals surface area (Å²) in [5.74, 6) is -0.408. The lowest BCUT2D eigenvalue weighted by molar-refractivity contribution is -0.274. The van der Waals surface area contributed by atoms with E-state index >= 15 is 0 Å². The standard InChI is InChI=1S/C20H19F3N4O4S/c21-20(22,23)31-15-3-5-16(6-4-15)32(29,30)27-11-8-13(9-12-27)18-24-10-7-17(26-18)19(28)25-14-1-2-14/h3-8,10,14H,1-2,9,11-12H2,(H,25,28). The third kappa shape index (κ3) is 5.25. The molecule has 0 radical (unpaired) electrons. The van der Waals surface area contributed by atoms with E-state index in [0.29, 0.717) is 17.8 Å². The molecule has 0 atom stereocenters. The third-order valence-electron chi connectivity index (χ3n) is 4.95. The molecule has 0 bridgehead atoms. The minimum Gasteiger partial charge on any atom is -0.406 e. The smallest absolute Gasteiger partial charge is 0.406 e. The van der Waals surface area contributed by atoms with Crippen molar-refractivity contribution >= 4 is 21.5 Å². The van der Waals surface area contributed by atoms with Gasteiger partial charge in [-0.2, -0.15) is 4.31 Å². The van der Waals surface area contributed by atoms with Crippen LogP contribution in [0.2, 0.25) is 0 Å². The van der Waals surface area contributed by atoms with Crippen LogP contribution in [-0.2, 0) is 10.0 Å². The van der Waals surface area contributed by atoms with Crippen molar-refractivity contribution in [3.63, 3.8) is 0 Å². The van der Waals surface area contributed by atoms with Gasteiger partial charge < -0.3 is 10.1 Å². The van der Waals surface area contributed by atoms with E-state index in [-0.39, 0.29) is 35.6 Å². The zero-order chi connectivity index (χ0) is 22.9. The molecular weight excluding hydrogens is 449 g/mol. The number of carbonyl (C=O) groups excluding carboxylic acids is 1. The summed E-state index contributed by atoms with van der Waals surface area (Å²) in [6.07, 6.45) is 0.530. The zero-order valence-electron chi connectivity index (χ0n) is 16.7. The van der Waals surface area contributed by atoms with Crippen LogP contribution in [0.3, 0.4) is 0 Å². The maximum Gasteiger partial charge on any atom is 0.573 e. The van der Waals surface area contributed by atoms with Gasteiger partial charge in [-0.15, -0.1) is 13.2 Å². The summed E-state index contributed by atoms with van der Waals surface area (Å²) in [7, 11) is -3.91. The largest absolute Gasteiger partial charge is 0.573 e. The number of benzene rings is 1. The lowest BCUT2D eigenvalue weighted by atomic mass is 10.1. The predicted octanol–water partition coefficient (Wildman–Crippen LogP) is 2.75. The molecule has 1 aromatic heterocycles. The Balaban J connectivity index is 1.45. The minimum absolute atomic E-state index is 0.0420. The lowest BCUT2D eigenvalue weighted by Gasteiger charge is -2.25. The molecule has 0 saturated heterocycles. The van der Waals surface area contributed by atoms with Gasteiger partial charge in [0.1, 0.15) is 11.4 Å². The van der Waals surface area contributed by atoms with E-state index in [4.69, 9.17) is 0 Å². The van der Waals surface area contributed by atoms with Gasteiger partial charge in [-0.3, -0.25) is 4.79 Å². The lowest BCUT2D eigenvalue weighted by Crippen LogP contribution is -2.35. The van der Waals surface area contributed by atoms with Gasteiger partial charge in [-0.1, -0.05) is 6.08 Å². The van der Waals surface area contributed by atoms with Gasteiger partial charge in [0, 0.05) is 25.3 Å². The molecule has 0 spiro atoms. The van der Waals surface area contributed by atoms with Crippen LogP contribution in [0.15, 0.2) is 47.5 Å². The molecule has 32 heavy (non-hydrogen) atoms. The first-order valence-corrected chi connectivity index (χ1v) is 11.2. The molecule has 2 aliphatic rings. The summed E-state index contributed by atoms with van der Waals surface area (Å²) in [6, 6.07) is 5.77. The van der Waals surface area contributed by atoms with Gasteiger partial charge in [-0.25, -0.2) is 18.4 Å². The monoisotopic (exact) mass is 468 g/mol. The van der Waals surface area contributed by atoms with E-state index in [1.807, 2.05) is 0 Å². The van der Waals surface area contributed by atoms with E-state index in [1.165, 1.54) is 16.6 Å². The number of nitrogens with one attached hydrogen (secondary N) is 1. The molecule has 1 aliphatic heterocycles. The highest BCUT2D eigenvalue weighted by Crippen LogP contribution is 2.27. The fourth-order valence-electron chi connectivity index (χ4n) is 3.16. The van der Waals surface area contributed by atoms with Crippen LogP contribution >= 0.6 is 0 Å². The van der Waals surface area contributed by atoms with Crippen LogP contribution in [-0.4, -0.2) is 54.1 Å². The van der Waals surface area contributed by atoms with Crippen LogP contribution in [0.4, 0.5) is 13.2 Å². The van der Waals surface area contributed by atoms with Crippen LogP contribution in [0.1, 0.15) is 35.6 Å². The maximum atomic E-state index is 12.8. The van der Waals surface area contributed by atoms with Crippen molar-refractivity contribution < 1.29 is 31.1 Å². The van der Waals surface area contributed by atoms with Crippen molar-refractivity contribution in [2.24, 2.45) is 0 Å². The first-order chi connectivity index (χ1) is 15.1. The molecule has 1 saturated carbocycles. The average molecular weight is 468 g/mol. The Bertz CT molecular complexity index is 1150. The number of nitrogens with zero attached hydrogens (tertiary/aromatic N) is 3. The topological polar surface area (TPSA) is 101 Å². The molecule has 1 fully saturated rings. The summed E-state index contributed by atoms with van der Waals surface area (Å²) in [5, 5.41) is 2.85. The van der Waals surface area contributed by atoms with Crippen molar-refractivity contribution in [3.8, 4) is 5.75 Å². The van der Waals surface area contributed by atoms with Gasteiger partial charge in [0.15, 0.2) is 5.82 Å². The molecule has 1 aliphatic carbocycles. The van der Waals surface area contributed by atoms with Crippen LogP contribution in [0.25, 0.3) is 5.57 Å². The Kier molecular flexibility index (Phi) is 5.91. The van der Waals surface area contributed by atoms with Gasteiger partial charge in [0.05, 0.1) is 4.90 Å². The molecule has 2 aromatic rings. The molecule has 12 heteroatoms. The fourth-order valence-corrected chi connectivity index (χ4v) is 4.54. The summed E-state index contributed by atoms with van der Waals surface area (Å²) >= 11 is 0. The van der Waals surface area contributed by atoms with Crippen LogP contribution in [0, 0.1) is 0 Å². The van der Waals surface area contributed by atoms with E-state index in [2.05, 4.69) is 20.0 Å². The molecule has 170 valence electrons. The molecule has 1 amide bonds. The molecule has 8 nitrogen and oxygen atoms in total. The Morgan fingerprint density at radius 2 is 1.88 bits per heavy atom. The van der Waals surface area contributed by atoms with E-state index < -0.39 is 22.1 Å². The van der Waals surface area contributed by atoms with E-state index in [0.717, 1.165) is 37.1 Å². The second-order valence-corrected chi connectivity index (χ2v) is 9.31. The number of carbonyl (C=O) groups is 1. The fraction of sp³-hybridized carbons (Fsp3) is 0.350. The van der Waals surface area contributed by atoms with Gasteiger partial charge >= 0.3 is 6.36 Å². The van der Waals surface area contributed by atoms with Crippen molar-refractivity contribution in [1.29, 1.82) is 0 Å². The quantitative estimate of drug-likeness (QED) is 0.700. The molecular formula is C20H19F3N4O4S. The summed E-state index contributed by atoms with van der Waals surface area (Å²) in [5.41, 5.74) is 0.963. The molecule has 1 N–H and O–H groups in total. The number of ether oxygens (including phenoxy) is 1. The number of alkyl halides is 3. The summed E-state index contributed by atoms with van der Waals surface area (Å²) < 4.78 is 67.5. The number of halogens is 3. The number of sulfonamides is 1. The summed E-state index contributed by atoms with van der Waals surface area (Å²) in [4.78, 5) is 20.5. The average Bonchev–Trinajstić information content (AvgIpc) is 3.57. The molecule has 1 aromatic carbocycles. The second kappa shape index (κ2) is 8.51. The van der Waals surface area contributed by atoms with Crippen LogP contribution in [0.5, 0.6) is 5.75 Å². The number of hydrogen-bond acceptors (Lipinski definition) is 6. The van der Waals surface area contributed by atoms with Gasteiger partial charge in [-0.05, 0) is 55.2 Å². The van der Waals surface area contributed by atoms with Gasteiger partial charge in [0.2, 0.25) is 10.0 Å². The zero-order valence-corrected chi connectivity index (χ0v) is 17.5. The Morgan fingerprint density at radius 3 is 2.47 bits per heavy atom. The third-order valence-corrected chi connectivity index (χ3v) is 6.83. The highest BCUT2D eigenvalue weighted by atomic mass is 32.2. The molecule has 0 unspecified atom stereocenters. The summed E-state index contributed by atoms with van der Waals surface area (Å²) in [6.45, 7) is 0.178. The predicted molar refractivity (Wildman–Crippen MR) is 107 cm³/mol. The SMILES string of the molecule is O=C(NC1CC1)c1ccnc(C2=CCN(S(=O)(=O)c3ccc(OC(F)(F)F)cc3)CC2)n1. The normalized spacial score (nSPS) is 17.5. The first-order valence-electron chi connectivity index (χ1n) is 9.81. The van der Waals surface area contributed by atoms with E-state index in [9.17, 15) is 26.4 Å². The minimum atomic E-state index is -4.85. The molecule has 2 heterocycles. The second-order valence-electron chi connectivity index (χ2n) is 7.37. The highest BCUT2D eigenvalue weighted by Gasteiger charge is 2.32. The highest BCUT2D eigenvalue weighted by molar-refractivity contribution is 7.89. The van der Waals surface area contributed by atoms with Gasteiger partial charge in [0.25, 0.3) is 5.91 Å². The van der Waals surface area contributed by atoms with Crippen molar-refractivity contribution in [1.82, 2.24) is 19.6 Å². The van der Waals surface area contributed by atoms with Crippen LogP contribution < -0.4 is 10.1 Å². The Hall–Kier alpha value is -2.99. The number of hydrogen-bond donors (Lipinski definition) is 1. The van der Waals surface area contributed by atoms with E-state index in [1.54, 1.807) is 6.08 Å². The van der Waals surface area contributed by atoms with Crippen molar-refractivity contribution in [2.75, 3.05) is 13.1 Å². The Morgan fingerprint density at radius 1 is 1.16 bits per heavy atom. The number of aromatic nitrogens is 2. The maximum absolute atomic E-state index is 12.8. The van der Waals surface area contributed by atoms with Crippen molar-refractivity contribution in [3.05, 3.63) is 54.1 Å².